The molecule has 0 unspecified atom stereocenters. The van der Waals surface area contributed by atoms with Gasteiger partial charge in [0, 0.05) is 17.3 Å². The zero-order valence-corrected chi connectivity index (χ0v) is 11.4. The van der Waals surface area contributed by atoms with Crippen molar-refractivity contribution in [1.29, 1.82) is 0 Å². The molecule has 0 aliphatic rings. The van der Waals surface area contributed by atoms with E-state index in [1.165, 1.54) is 0 Å². The summed E-state index contributed by atoms with van der Waals surface area (Å²) < 4.78 is 5.09. The van der Waals surface area contributed by atoms with E-state index in [4.69, 9.17) is 4.52 Å². The van der Waals surface area contributed by atoms with Gasteiger partial charge in [0.1, 0.15) is 5.78 Å². The van der Waals surface area contributed by atoms with Crippen LogP contribution in [0.5, 0.6) is 0 Å². The zero-order valence-electron chi connectivity index (χ0n) is 11.4. The summed E-state index contributed by atoms with van der Waals surface area (Å²) in [7, 11) is 0. The van der Waals surface area contributed by atoms with Crippen LogP contribution in [0.15, 0.2) is 28.9 Å². The van der Waals surface area contributed by atoms with Crippen LogP contribution in [0.2, 0.25) is 0 Å². The van der Waals surface area contributed by atoms with E-state index in [0.29, 0.717) is 18.1 Å². The summed E-state index contributed by atoms with van der Waals surface area (Å²) in [6, 6.07) is 5.66. The fourth-order valence-electron chi connectivity index (χ4n) is 1.50. The van der Waals surface area contributed by atoms with Gasteiger partial charge in [0.15, 0.2) is 5.82 Å². The van der Waals surface area contributed by atoms with Gasteiger partial charge in [0.25, 0.3) is 0 Å². The number of carbonyl (C=O) groups excluding carboxylic acids is 1. The maximum atomic E-state index is 11.9. The minimum absolute atomic E-state index is 0.0838. The molecule has 0 bridgehead atoms. The van der Waals surface area contributed by atoms with Crippen LogP contribution in [-0.2, 0) is 17.6 Å². The Morgan fingerprint density at radius 3 is 2.74 bits per heavy atom. The second-order valence-corrected chi connectivity index (χ2v) is 5.45. The third kappa shape index (κ3) is 3.71. The highest BCUT2D eigenvalue weighted by atomic mass is 16.5. The highest BCUT2D eigenvalue weighted by Gasteiger charge is 2.23. The molecular formula is C14H17N3O2. The van der Waals surface area contributed by atoms with Gasteiger partial charge in [-0.15, -0.1) is 0 Å². The standard InChI is InChI=1S/C14H17N3O2/c1-14(2,3)11(18)9-13-16-12(17-19-13)8-10-6-4-5-7-15-10/h4-7H,8-9H2,1-3H3. The maximum Gasteiger partial charge on any atom is 0.234 e. The van der Waals surface area contributed by atoms with Crippen molar-refractivity contribution < 1.29 is 9.32 Å². The first-order chi connectivity index (χ1) is 8.95. The van der Waals surface area contributed by atoms with Gasteiger partial charge in [-0.05, 0) is 12.1 Å². The summed E-state index contributed by atoms with van der Waals surface area (Å²) in [6.07, 6.45) is 2.41. The lowest BCUT2D eigenvalue weighted by atomic mass is 9.89. The Morgan fingerprint density at radius 2 is 2.11 bits per heavy atom. The Kier molecular flexibility index (Phi) is 3.74. The molecule has 0 saturated carbocycles. The Bertz CT molecular complexity index is 556. The van der Waals surface area contributed by atoms with Crippen LogP contribution in [0.25, 0.3) is 0 Å². The molecule has 0 spiro atoms. The van der Waals surface area contributed by atoms with Crippen LogP contribution < -0.4 is 0 Å². The van der Waals surface area contributed by atoms with Crippen LogP contribution in [0.1, 0.15) is 38.2 Å². The highest BCUT2D eigenvalue weighted by molar-refractivity contribution is 5.84. The molecule has 19 heavy (non-hydrogen) atoms. The van der Waals surface area contributed by atoms with E-state index in [9.17, 15) is 4.79 Å². The van der Waals surface area contributed by atoms with E-state index < -0.39 is 5.41 Å². The van der Waals surface area contributed by atoms with E-state index >= 15 is 0 Å². The number of pyridine rings is 1. The van der Waals surface area contributed by atoms with Crippen molar-refractivity contribution in [1.82, 2.24) is 15.1 Å². The molecule has 0 N–H and O–H groups in total. The van der Waals surface area contributed by atoms with E-state index in [2.05, 4.69) is 15.1 Å². The molecule has 2 rings (SSSR count). The van der Waals surface area contributed by atoms with Gasteiger partial charge in [-0.25, -0.2) is 0 Å². The second-order valence-electron chi connectivity index (χ2n) is 5.45. The van der Waals surface area contributed by atoms with Gasteiger partial charge in [-0.1, -0.05) is 32.0 Å². The predicted octanol–water partition coefficient (Wildman–Crippen LogP) is 2.21. The quantitative estimate of drug-likeness (QED) is 0.842. The zero-order chi connectivity index (χ0) is 13.9. The van der Waals surface area contributed by atoms with E-state index in [0.717, 1.165) is 5.69 Å². The van der Waals surface area contributed by atoms with Crippen LogP contribution in [0, 0.1) is 5.41 Å². The predicted molar refractivity (Wildman–Crippen MR) is 69.5 cm³/mol. The number of nitrogens with zero attached hydrogens (tertiary/aromatic N) is 3. The van der Waals surface area contributed by atoms with Gasteiger partial charge < -0.3 is 4.52 Å². The summed E-state index contributed by atoms with van der Waals surface area (Å²) >= 11 is 0. The van der Waals surface area contributed by atoms with Gasteiger partial charge in [-0.3, -0.25) is 9.78 Å². The summed E-state index contributed by atoms with van der Waals surface area (Å²) in [5.41, 5.74) is 0.479. The monoisotopic (exact) mass is 259 g/mol. The number of ketones is 1. The summed E-state index contributed by atoms with van der Waals surface area (Å²) in [6.45, 7) is 5.63. The second kappa shape index (κ2) is 5.30. The minimum atomic E-state index is -0.393. The molecule has 0 atom stereocenters. The Balaban J connectivity index is 2.02. The van der Waals surface area contributed by atoms with E-state index in [1.54, 1.807) is 6.20 Å². The molecule has 0 aliphatic heterocycles. The number of rotatable bonds is 4. The first-order valence-electron chi connectivity index (χ1n) is 6.20. The van der Waals surface area contributed by atoms with Crippen molar-refractivity contribution in [2.24, 2.45) is 5.41 Å². The molecule has 0 aliphatic carbocycles. The van der Waals surface area contributed by atoms with Crippen molar-refractivity contribution in [3.05, 3.63) is 41.8 Å². The molecule has 0 fully saturated rings. The number of hydrogen-bond donors (Lipinski definition) is 0. The van der Waals surface area contributed by atoms with Crippen molar-refractivity contribution in [2.75, 3.05) is 0 Å². The number of hydrogen-bond acceptors (Lipinski definition) is 5. The van der Waals surface area contributed by atoms with Gasteiger partial charge in [-0.2, -0.15) is 4.98 Å². The van der Waals surface area contributed by atoms with Gasteiger partial charge >= 0.3 is 0 Å². The maximum absolute atomic E-state index is 11.9. The first kappa shape index (κ1) is 13.4. The summed E-state index contributed by atoms with van der Waals surface area (Å²) in [5, 5.41) is 3.87. The van der Waals surface area contributed by atoms with Crippen molar-refractivity contribution in [3.63, 3.8) is 0 Å². The Labute approximate surface area is 112 Å². The van der Waals surface area contributed by atoms with E-state index in [1.807, 2.05) is 39.0 Å². The Morgan fingerprint density at radius 1 is 1.32 bits per heavy atom. The summed E-state index contributed by atoms with van der Waals surface area (Å²) in [4.78, 5) is 20.3. The summed E-state index contributed by atoms with van der Waals surface area (Å²) in [5.74, 6) is 1.00. The third-order valence-electron chi connectivity index (χ3n) is 2.72. The number of aromatic nitrogens is 3. The van der Waals surface area contributed by atoms with Crippen LogP contribution >= 0.6 is 0 Å². The molecule has 100 valence electrons. The lowest BCUT2D eigenvalue weighted by molar-refractivity contribution is -0.125. The fourth-order valence-corrected chi connectivity index (χ4v) is 1.50. The molecule has 0 radical (unpaired) electrons. The highest BCUT2D eigenvalue weighted by Crippen LogP contribution is 2.17. The van der Waals surface area contributed by atoms with Crippen molar-refractivity contribution in [3.8, 4) is 0 Å². The van der Waals surface area contributed by atoms with Crippen LogP contribution in [-0.4, -0.2) is 20.9 Å². The molecule has 2 aromatic heterocycles. The molecule has 0 saturated heterocycles. The van der Waals surface area contributed by atoms with Gasteiger partial charge in [0.2, 0.25) is 5.89 Å². The van der Waals surface area contributed by atoms with Gasteiger partial charge in [0.05, 0.1) is 12.8 Å². The average Bonchev–Trinajstić information content (AvgIpc) is 2.76. The van der Waals surface area contributed by atoms with Crippen molar-refractivity contribution in [2.45, 2.75) is 33.6 Å². The smallest absolute Gasteiger partial charge is 0.234 e. The molecule has 0 aromatic carbocycles. The molecule has 2 aromatic rings. The molecular weight excluding hydrogens is 242 g/mol. The fraction of sp³-hybridized carbons (Fsp3) is 0.429. The minimum Gasteiger partial charge on any atom is -0.339 e. The molecule has 2 heterocycles. The third-order valence-corrected chi connectivity index (χ3v) is 2.72. The lowest BCUT2D eigenvalue weighted by Crippen LogP contribution is -2.22. The first-order valence-corrected chi connectivity index (χ1v) is 6.20. The number of Topliss-reactive ketones (excluding diaryl/α,β-unsaturated/α-hetero) is 1. The Hall–Kier alpha value is -2.04. The van der Waals surface area contributed by atoms with Crippen LogP contribution in [0.4, 0.5) is 0 Å². The SMILES string of the molecule is CC(C)(C)C(=O)Cc1nc(Cc2ccccn2)no1. The van der Waals surface area contributed by atoms with Crippen molar-refractivity contribution >= 4 is 5.78 Å². The molecule has 5 heteroatoms. The largest absolute Gasteiger partial charge is 0.339 e. The molecule has 5 nitrogen and oxygen atoms in total. The van der Waals surface area contributed by atoms with Crippen LogP contribution in [0.3, 0.4) is 0 Å². The number of carbonyl (C=O) groups is 1. The lowest BCUT2D eigenvalue weighted by Gasteiger charge is -2.14. The topological polar surface area (TPSA) is 68.9 Å². The molecule has 0 amide bonds. The average molecular weight is 259 g/mol. The van der Waals surface area contributed by atoms with E-state index in [-0.39, 0.29) is 12.2 Å². The normalized spacial score (nSPS) is 11.5.